The smallest absolute Gasteiger partial charge is 0.407 e. The number of carbonyl (C=O) groups excluding carboxylic acids is 2. The van der Waals surface area contributed by atoms with Crippen LogP contribution < -0.4 is 10.6 Å². The van der Waals surface area contributed by atoms with Gasteiger partial charge in [-0.3, -0.25) is 4.79 Å². The van der Waals surface area contributed by atoms with Crippen LogP contribution in [-0.2, 0) is 4.74 Å². The number of hydrogen-bond donors (Lipinski definition) is 2. The number of amides is 2. The van der Waals surface area contributed by atoms with Crippen LogP contribution in [0.2, 0.25) is 0 Å². The first-order chi connectivity index (χ1) is 12.2. The summed E-state index contributed by atoms with van der Waals surface area (Å²) in [6.45, 7) is 9.93. The zero-order valence-electron chi connectivity index (χ0n) is 16.1. The molecule has 1 heterocycles. The molecule has 2 rings (SSSR count). The lowest BCUT2D eigenvalue weighted by Gasteiger charge is -2.19. The molecule has 0 bridgehead atoms. The summed E-state index contributed by atoms with van der Waals surface area (Å²) in [5.74, 6) is -0.161. The Hall–Kier alpha value is -2.76. The molecule has 2 aromatic rings. The number of rotatable bonds is 5. The van der Waals surface area contributed by atoms with Crippen molar-refractivity contribution in [3.8, 4) is 5.69 Å². The van der Waals surface area contributed by atoms with Crippen LogP contribution in [0.5, 0.6) is 0 Å². The Balaban J connectivity index is 1.94. The Morgan fingerprint density at radius 2 is 1.65 bits per heavy atom. The highest BCUT2D eigenvalue weighted by atomic mass is 16.6. The van der Waals surface area contributed by atoms with Crippen molar-refractivity contribution in [2.45, 2.75) is 40.2 Å². The van der Waals surface area contributed by atoms with Crippen LogP contribution in [0.25, 0.3) is 5.69 Å². The predicted molar refractivity (Wildman–Crippen MR) is 102 cm³/mol. The molecule has 0 aliphatic carbocycles. The molecule has 0 radical (unpaired) electrons. The fourth-order valence-corrected chi connectivity index (χ4v) is 2.72. The molecule has 2 amide bonds. The van der Waals surface area contributed by atoms with Gasteiger partial charge in [0.25, 0.3) is 5.91 Å². The van der Waals surface area contributed by atoms with E-state index in [0.717, 1.165) is 17.1 Å². The number of para-hydroxylation sites is 1. The van der Waals surface area contributed by atoms with Crippen molar-refractivity contribution in [2.24, 2.45) is 0 Å². The zero-order valence-corrected chi connectivity index (χ0v) is 16.1. The standard InChI is InChI=1S/C20H27N3O3/c1-14-13-17(15(2)23(14)16-9-7-6-8-10-16)18(24)21-11-12-22-19(25)26-20(3,4)5/h6-10,13H,11-12H2,1-5H3,(H,21,24)(H,22,25). The molecule has 6 heteroatoms. The van der Waals surface area contributed by atoms with E-state index >= 15 is 0 Å². The number of carbonyl (C=O) groups is 2. The summed E-state index contributed by atoms with van der Waals surface area (Å²) in [7, 11) is 0. The minimum absolute atomic E-state index is 0.161. The van der Waals surface area contributed by atoms with Gasteiger partial charge in [0, 0.05) is 30.2 Å². The summed E-state index contributed by atoms with van der Waals surface area (Å²) in [6, 6.07) is 11.8. The van der Waals surface area contributed by atoms with E-state index in [1.807, 2.05) is 54.8 Å². The molecule has 0 saturated carbocycles. The van der Waals surface area contributed by atoms with Crippen LogP contribution in [0, 0.1) is 13.8 Å². The van der Waals surface area contributed by atoms with Gasteiger partial charge in [-0.1, -0.05) is 18.2 Å². The van der Waals surface area contributed by atoms with E-state index in [9.17, 15) is 9.59 Å². The van der Waals surface area contributed by atoms with E-state index in [1.165, 1.54) is 0 Å². The Morgan fingerprint density at radius 3 is 2.27 bits per heavy atom. The van der Waals surface area contributed by atoms with Gasteiger partial charge in [-0.25, -0.2) is 4.79 Å². The minimum Gasteiger partial charge on any atom is -0.444 e. The fourth-order valence-electron chi connectivity index (χ4n) is 2.72. The lowest BCUT2D eigenvalue weighted by Crippen LogP contribution is -2.37. The third-order valence-corrected chi connectivity index (χ3v) is 3.77. The summed E-state index contributed by atoms with van der Waals surface area (Å²) < 4.78 is 7.20. The van der Waals surface area contributed by atoms with Gasteiger partial charge in [-0.15, -0.1) is 0 Å². The molecule has 0 aliphatic rings. The molecular formula is C20H27N3O3. The second kappa shape index (κ2) is 8.08. The SMILES string of the molecule is Cc1cc(C(=O)NCCNC(=O)OC(C)(C)C)c(C)n1-c1ccccc1. The van der Waals surface area contributed by atoms with Gasteiger partial charge >= 0.3 is 6.09 Å². The van der Waals surface area contributed by atoms with E-state index in [4.69, 9.17) is 4.74 Å². The highest BCUT2D eigenvalue weighted by molar-refractivity contribution is 5.95. The van der Waals surface area contributed by atoms with Crippen molar-refractivity contribution in [1.29, 1.82) is 0 Å². The number of hydrogen-bond acceptors (Lipinski definition) is 3. The minimum atomic E-state index is -0.539. The molecule has 0 fully saturated rings. The van der Waals surface area contributed by atoms with Crippen LogP contribution in [0.3, 0.4) is 0 Å². The number of nitrogens with one attached hydrogen (secondary N) is 2. The van der Waals surface area contributed by atoms with Crippen molar-refractivity contribution < 1.29 is 14.3 Å². The van der Waals surface area contributed by atoms with E-state index in [2.05, 4.69) is 10.6 Å². The summed E-state index contributed by atoms with van der Waals surface area (Å²) in [5, 5.41) is 5.45. The monoisotopic (exact) mass is 357 g/mol. The van der Waals surface area contributed by atoms with E-state index in [1.54, 1.807) is 20.8 Å². The van der Waals surface area contributed by atoms with Gasteiger partial charge in [0.1, 0.15) is 5.60 Å². The second-order valence-corrected chi connectivity index (χ2v) is 7.14. The first kappa shape index (κ1) is 19.6. The quantitative estimate of drug-likeness (QED) is 0.806. The van der Waals surface area contributed by atoms with Gasteiger partial charge in [-0.2, -0.15) is 0 Å². The van der Waals surface area contributed by atoms with E-state index in [-0.39, 0.29) is 5.91 Å². The molecule has 1 aromatic carbocycles. The molecule has 140 valence electrons. The first-order valence-corrected chi connectivity index (χ1v) is 8.68. The molecule has 2 N–H and O–H groups in total. The van der Waals surface area contributed by atoms with E-state index < -0.39 is 11.7 Å². The highest BCUT2D eigenvalue weighted by Gasteiger charge is 2.17. The summed E-state index contributed by atoms with van der Waals surface area (Å²) >= 11 is 0. The zero-order chi connectivity index (χ0) is 19.3. The van der Waals surface area contributed by atoms with Gasteiger partial charge in [0.05, 0.1) is 5.56 Å². The number of nitrogens with zero attached hydrogens (tertiary/aromatic N) is 1. The lowest BCUT2D eigenvalue weighted by atomic mass is 10.2. The molecule has 0 spiro atoms. The second-order valence-electron chi connectivity index (χ2n) is 7.14. The van der Waals surface area contributed by atoms with Crippen molar-refractivity contribution in [3.05, 3.63) is 53.3 Å². The summed E-state index contributed by atoms with van der Waals surface area (Å²) in [6.07, 6.45) is -0.492. The van der Waals surface area contributed by atoms with Crippen LogP contribution in [0.1, 0.15) is 42.5 Å². The Bertz CT molecular complexity index is 774. The number of aromatic nitrogens is 1. The van der Waals surface area contributed by atoms with Crippen molar-refractivity contribution in [3.63, 3.8) is 0 Å². The summed E-state index contributed by atoms with van der Waals surface area (Å²) in [5.41, 5.74) is 2.98. The average Bonchev–Trinajstić information content (AvgIpc) is 2.85. The maximum absolute atomic E-state index is 12.5. The predicted octanol–water partition coefficient (Wildman–Crippen LogP) is 3.35. The van der Waals surface area contributed by atoms with Gasteiger partial charge in [0.15, 0.2) is 0 Å². The number of benzene rings is 1. The van der Waals surface area contributed by atoms with Gasteiger partial charge < -0.3 is 19.9 Å². The molecule has 6 nitrogen and oxygen atoms in total. The van der Waals surface area contributed by atoms with Crippen LogP contribution in [0.4, 0.5) is 4.79 Å². The number of ether oxygens (including phenoxy) is 1. The number of alkyl carbamates (subject to hydrolysis) is 1. The Morgan fingerprint density at radius 1 is 1.04 bits per heavy atom. The number of aryl methyl sites for hydroxylation is 1. The average molecular weight is 357 g/mol. The van der Waals surface area contributed by atoms with E-state index in [0.29, 0.717) is 18.7 Å². The van der Waals surface area contributed by atoms with Crippen LogP contribution >= 0.6 is 0 Å². The van der Waals surface area contributed by atoms with Crippen molar-refractivity contribution >= 4 is 12.0 Å². The molecule has 1 aromatic heterocycles. The lowest BCUT2D eigenvalue weighted by molar-refractivity contribution is 0.0526. The Labute approximate surface area is 154 Å². The van der Waals surface area contributed by atoms with Crippen molar-refractivity contribution in [1.82, 2.24) is 15.2 Å². The topological polar surface area (TPSA) is 72.4 Å². The van der Waals surface area contributed by atoms with Gasteiger partial charge in [0.2, 0.25) is 0 Å². The third-order valence-electron chi connectivity index (χ3n) is 3.77. The molecule has 26 heavy (non-hydrogen) atoms. The maximum atomic E-state index is 12.5. The van der Waals surface area contributed by atoms with Gasteiger partial charge in [-0.05, 0) is 52.8 Å². The van der Waals surface area contributed by atoms with Crippen LogP contribution in [-0.4, -0.2) is 35.3 Å². The first-order valence-electron chi connectivity index (χ1n) is 8.68. The molecule has 0 saturated heterocycles. The molecule has 0 aliphatic heterocycles. The molecule has 0 atom stereocenters. The maximum Gasteiger partial charge on any atom is 0.407 e. The summed E-state index contributed by atoms with van der Waals surface area (Å²) in [4.78, 5) is 24.1. The van der Waals surface area contributed by atoms with Crippen LogP contribution in [0.15, 0.2) is 36.4 Å². The fraction of sp³-hybridized carbons (Fsp3) is 0.400. The molecular weight excluding hydrogens is 330 g/mol. The normalized spacial score (nSPS) is 11.1. The Kier molecular flexibility index (Phi) is 6.08. The molecule has 0 unspecified atom stereocenters. The van der Waals surface area contributed by atoms with Crippen molar-refractivity contribution in [2.75, 3.05) is 13.1 Å². The third kappa shape index (κ3) is 5.12. The highest BCUT2D eigenvalue weighted by Crippen LogP contribution is 2.20. The largest absolute Gasteiger partial charge is 0.444 e.